The SMILES string of the molecule is COc1cc([N+](=O)[O-])c(NC(C)=O)cc1OCN1CCC(C)CC1. The fourth-order valence-electron chi connectivity index (χ4n) is 2.61. The third kappa shape index (κ3) is 4.58. The number of nitrogens with one attached hydrogen (secondary N) is 1. The summed E-state index contributed by atoms with van der Waals surface area (Å²) in [7, 11) is 1.42. The predicted octanol–water partition coefficient (Wildman–Crippen LogP) is 2.63. The molecule has 132 valence electrons. The van der Waals surface area contributed by atoms with Gasteiger partial charge in [-0.25, -0.2) is 0 Å². The Balaban J connectivity index is 2.17. The summed E-state index contributed by atoms with van der Waals surface area (Å²) in [5.41, 5.74) is -0.142. The van der Waals surface area contributed by atoms with Gasteiger partial charge in [-0.2, -0.15) is 0 Å². The van der Waals surface area contributed by atoms with Crippen molar-refractivity contribution in [2.24, 2.45) is 5.92 Å². The summed E-state index contributed by atoms with van der Waals surface area (Å²) in [6.45, 7) is 5.81. The van der Waals surface area contributed by atoms with Gasteiger partial charge in [-0.05, 0) is 18.8 Å². The number of methoxy groups -OCH3 is 1. The minimum absolute atomic E-state index is 0.0931. The molecule has 1 amide bonds. The summed E-state index contributed by atoms with van der Waals surface area (Å²) in [5.74, 6) is 0.965. The molecular weight excluding hydrogens is 314 g/mol. The van der Waals surface area contributed by atoms with E-state index in [1.807, 2.05) is 0 Å². The van der Waals surface area contributed by atoms with Gasteiger partial charge in [-0.1, -0.05) is 6.92 Å². The molecule has 1 heterocycles. The van der Waals surface area contributed by atoms with Crippen molar-refractivity contribution in [3.05, 3.63) is 22.2 Å². The number of likely N-dealkylation sites (tertiary alicyclic amines) is 1. The second kappa shape index (κ2) is 7.96. The molecule has 1 N–H and O–H groups in total. The number of nitro benzene ring substituents is 1. The van der Waals surface area contributed by atoms with Crippen molar-refractivity contribution in [3.8, 4) is 11.5 Å². The Labute approximate surface area is 140 Å². The van der Waals surface area contributed by atoms with Gasteiger partial charge >= 0.3 is 0 Å². The van der Waals surface area contributed by atoms with Crippen LogP contribution in [0.2, 0.25) is 0 Å². The first kappa shape index (κ1) is 18.0. The monoisotopic (exact) mass is 337 g/mol. The highest BCUT2D eigenvalue weighted by atomic mass is 16.6. The normalized spacial score (nSPS) is 15.8. The number of rotatable bonds is 6. The van der Waals surface area contributed by atoms with Crippen LogP contribution < -0.4 is 14.8 Å². The number of nitro groups is 1. The number of benzene rings is 1. The van der Waals surface area contributed by atoms with Crippen LogP contribution in [0.25, 0.3) is 0 Å². The zero-order valence-electron chi connectivity index (χ0n) is 14.2. The number of carbonyl (C=O) groups excluding carboxylic acids is 1. The van der Waals surface area contributed by atoms with Gasteiger partial charge in [0.15, 0.2) is 11.5 Å². The topological polar surface area (TPSA) is 93.9 Å². The number of carbonyl (C=O) groups is 1. The van der Waals surface area contributed by atoms with Gasteiger partial charge in [-0.15, -0.1) is 0 Å². The zero-order valence-corrected chi connectivity index (χ0v) is 14.2. The van der Waals surface area contributed by atoms with E-state index in [2.05, 4.69) is 17.1 Å². The molecule has 24 heavy (non-hydrogen) atoms. The van der Waals surface area contributed by atoms with Crippen molar-refractivity contribution < 1.29 is 19.2 Å². The van der Waals surface area contributed by atoms with Crippen LogP contribution in [-0.2, 0) is 4.79 Å². The summed E-state index contributed by atoms with van der Waals surface area (Å²) in [6.07, 6.45) is 2.25. The standard InChI is InChI=1S/C16H23N3O5/c1-11-4-6-18(7-5-11)10-24-16-8-13(17-12(2)20)14(19(21)22)9-15(16)23-3/h8-9,11H,4-7,10H2,1-3H3,(H,17,20). The predicted molar refractivity (Wildman–Crippen MR) is 89.4 cm³/mol. The van der Waals surface area contributed by atoms with Gasteiger partial charge in [0, 0.05) is 26.1 Å². The lowest BCUT2D eigenvalue weighted by molar-refractivity contribution is -0.384. The number of nitrogens with zero attached hydrogens (tertiary/aromatic N) is 2. The van der Waals surface area contributed by atoms with E-state index >= 15 is 0 Å². The first-order valence-electron chi connectivity index (χ1n) is 7.90. The summed E-state index contributed by atoms with van der Waals surface area (Å²) in [6, 6.07) is 2.70. The number of piperidine rings is 1. The van der Waals surface area contributed by atoms with Crippen LogP contribution in [0.1, 0.15) is 26.7 Å². The lowest BCUT2D eigenvalue weighted by Crippen LogP contribution is -2.35. The highest BCUT2D eigenvalue weighted by Gasteiger charge is 2.22. The van der Waals surface area contributed by atoms with E-state index in [-0.39, 0.29) is 23.0 Å². The molecule has 0 bridgehead atoms. The Morgan fingerprint density at radius 3 is 2.58 bits per heavy atom. The number of amides is 1. The van der Waals surface area contributed by atoms with Crippen LogP contribution in [-0.4, -0.2) is 42.7 Å². The number of hydrogen-bond acceptors (Lipinski definition) is 6. The molecule has 0 spiro atoms. The van der Waals surface area contributed by atoms with E-state index in [9.17, 15) is 14.9 Å². The molecule has 0 aliphatic carbocycles. The van der Waals surface area contributed by atoms with Crippen LogP contribution in [0.5, 0.6) is 11.5 Å². The fraction of sp³-hybridized carbons (Fsp3) is 0.562. The Hall–Kier alpha value is -2.35. The third-order valence-corrected chi connectivity index (χ3v) is 4.07. The van der Waals surface area contributed by atoms with Gasteiger partial charge in [0.1, 0.15) is 12.4 Å². The van der Waals surface area contributed by atoms with E-state index in [1.165, 1.54) is 26.2 Å². The van der Waals surface area contributed by atoms with E-state index in [1.54, 1.807) is 0 Å². The third-order valence-electron chi connectivity index (χ3n) is 4.07. The second-order valence-corrected chi connectivity index (χ2v) is 6.03. The largest absolute Gasteiger partial charge is 0.493 e. The highest BCUT2D eigenvalue weighted by Crippen LogP contribution is 2.38. The molecule has 0 atom stereocenters. The van der Waals surface area contributed by atoms with Crippen molar-refractivity contribution in [1.82, 2.24) is 4.90 Å². The molecule has 1 aromatic rings. The van der Waals surface area contributed by atoms with Crippen LogP contribution >= 0.6 is 0 Å². The molecule has 1 aliphatic heterocycles. The number of ether oxygens (including phenoxy) is 2. The summed E-state index contributed by atoms with van der Waals surface area (Å²) < 4.78 is 11.0. The van der Waals surface area contributed by atoms with Gasteiger partial charge in [-0.3, -0.25) is 19.8 Å². The molecule has 1 aliphatic rings. The molecule has 0 unspecified atom stereocenters. The van der Waals surface area contributed by atoms with Gasteiger partial charge in [0.25, 0.3) is 5.69 Å². The van der Waals surface area contributed by atoms with E-state index in [0.717, 1.165) is 31.8 Å². The van der Waals surface area contributed by atoms with Gasteiger partial charge in [0.2, 0.25) is 5.91 Å². The maximum atomic E-state index is 11.3. The summed E-state index contributed by atoms with van der Waals surface area (Å²) in [4.78, 5) is 24.1. The Kier molecular flexibility index (Phi) is 5.97. The fourth-order valence-corrected chi connectivity index (χ4v) is 2.61. The maximum Gasteiger partial charge on any atom is 0.296 e. The highest BCUT2D eigenvalue weighted by molar-refractivity contribution is 5.92. The van der Waals surface area contributed by atoms with Crippen LogP contribution in [0.4, 0.5) is 11.4 Å². The van der Waals surface area contributed by atoms with Crippen molar-refractivity contribution in [2.45, 2.75) is 26.7 Å². The molecule has 1 saturated heterocycles. The minimum atomic E-state index is -0.566. The second-order valence-electron chi connectivity index (χ2n) is 6.03. The molecular formula is C16H23N3O5. The number of hydrogen-bond donors (Lipinski definition) is 1. The number of anilines is 1. The van der Waals surface area contributed by atoms with Crippen molar-refractivity contribution >= 4 is 17.3 Å². The zero-order chi connectivity index (χ0) is 17.7. The molecule has 2 rings (SSSR count). The molecule has 1 fully saturated rings. The lowest BCUT2D eigenvalue weighted by atomic mass is 10.00. The van der Waals surface area contributed by atoms with E-state index in [0.29, 0.717) is 12.5 Å². The van der Waals surface area contributed by atoms with Crippen molar-refractivity contribution in [3.63, 3.8) is 0 Å². The van der Waals surface area contributed by atoms with E-state index in [4.69, 9.17) is 9.47 Å². The lowest BCUT2D eigenvalue weighted by Gasteiger charge is -2.30. The average molecular weight is 337 g/mol. The molecule has 1 aromatic carbocycles. The quantitative estimate of drug-likeness (QED) is 0.633. The molecule has 0 radical (unpaired) electrons. The van der Waals surface area contributed by atoms with Crippen molar-refractivity contribution in [1.29, 1.82) is 0 Å². The van der Waals surface area contributed by atoms with Crippen LogP contribution in [0.3, 0.4) is 0 Å². The molecule has 0 aromatic heterocycles. The first-order chi connectivity index (χ1) is 11.4. The Morgan fingerprint density at radius 2 is 2.04 bits per heavy atom. The molecule has 8 heteroatoms. The van der Waals surface area contributed by atoms with Crippen LogP contribution in [0, 0.1) is 16.0 Å². The maximum absolute atomic E-state index is 11.3. The molecule has 0 saturated carbocycles. The average Bonchev–Trinajstić information content (AvgIpc) is 2.53. The summed E-state index contributed by atoms with van der Waals surface area (Å²) in [5, 5.41) is 13.6. The van der Waals surface area contributed by atoms with Crippen LogP contribution in [0.15, 0.2) is 12.1 Å². The van der Waals surface area contributed by atoms with Gasteiger partial charge in [0.05, 0.1) is 18.1 Å². The van der Waals surface area contributed by atoms with Gasteiger partial charge < -0.3 is 14.8 Å². The first-order valence-corrected chi connectivity index (χ1v) is 7.90. The smallest absolute Gasteiger partial charge is 0.296 e. The Morgan fingerprint density at radius 1 is 1.38 bits per heavy atom. The van der Waals surface area contributed by atoms with Crippen molar-refractivity contribution in [2.75, 3.05) is 32.2 Å². The van der Waals surface area contributed by atoms with E-state index < -0.39 is 4.92 Å². The Bertz CT molecular complexity index is 612. The minimum Gasteiger partial charge on any atom is -0.493 e. The summed E-state index contributed by atoms with van der Waals surface area (Å²) >= 11 is 0. The molecule has 8 nitrogen and oxygen atoms in total.